The second kappa shape index (κ2) is 5.85. The maximum absolute atomic E-state index is 12.5. The lowest BCUT2D eigenvalue weighted by molar-refractivity contribution is 0.244. The molecule has 0 aliphatic carbocycles. The highest BCUT2D eigenvalue weighted by Gasteiger charge is 2.29. The highest BCUT2D eigenvalue weighted by molar-refractivity contribution is 7.89. The van der Waals surface area contributed by atoms with Crippen LogP contribution >= 0.6 is 0 Å². The SMILES string of the molecule is Cc1oc(CO)cc1S(=O)(=O)N(C)CC1CCN(C)C1. The first kappa shape index (κ1) is 15.5. The summed E-state index contributed by atoms with van der Waals surface area (Å²) in [6.45, 7) is 3.74. The molecule has 1 aromatic rings. The van der Waals surface area contributed by atoms with E-state index in [2.05, 4.69) is 4.90 Å². The Morgan fingerprint density at radius 3 is 2.75 bits per heavy atom. The third-order valence-corrected chi connectivity index (χ3v) is 5.70. The van der Waals surface area contributed by atoms with Gasteiger partial charge < -0.3 is 14.4 Å². The van der Waals surface area contributed by atoms with Crippen molar-refractivity contribution in [1.82, 2.24) is 9.21 Å². The van der Waals surface area contributed by atoms with E-state index in [4.69, 9.17) is 9.52 Å². The van der Waals surface area contributed by atoms with Crippen LogP contribution in [0, 0.1) is 12.8 Å². The van der Waals surface area contributed by atoms with Crippen molar-refractivity contribution in [3.05, 3.63) is 17.6 Å². The van der Waals surface area contributed by atoms with Crippen molar-refractivity contribution in [3.8, 4) is 0 Å². The first-order valence-corrected chi connectivity index (χ1v) is 8.13. The molecule has 0 spiro atoms. The van der Waals surface area contributed by atoms with Gasteiger partial charge >= 0.3 is 0 Å². The van der Waals surface area contributed by atoms with E-state index in [0.29, 0.717) is 18.2 Å². The summed E-state index contributed by atoms with van der Waals surface area (Å²) in [5.74, 6) is 0.962. The maximum Gasteiger partial charge on any atom is 0.246 e. The lowest BCUT2D eigenvalue weighted by atomic mass is 10.1. The first-order chi connectivity index (χ1) is 9.34. The van der Waals surface area contributed by atoms with Crippen LogP contribution in [0.3, 0.4) is 0 Å². The molecule has 1 N–H and O–H groups in total. The van der Waals surface area contributed by atoms with Crippen LogP contribution in [0.5, 0.6) is 0 Å². The van der Waals surface area contributed by atoms with Gasteiger partial charge in [-0.05, 0) is 32.9 Å². The van der Waals surface area contributed by atoms with E-state index in [9.17, 15) is 8.42 Å². The summed E-state index contributed by atoms with van der Waals surface area (Å²) in [6.07, 6.45) is 1.02. The van der Waals surface area contributed by atoms with Crippen LogP contribution in [-0.2, 0) is 16.6 Å². The summed E-state index contributed by atoms with van der Waals surface area (Å²) in [6, 6.07) is 1.40. The molecule has 7 heteroatoms. The number of aliphatic hydroxyl groups is 1. The van der Waals surface area contributed by atoms with Gasteiger partial charge in [-0.1, -0.05) is 0 Å². The van der Waals surface area contributed by atoms with Crippen molar-refractivity contribution in [3.63, 3.8) is 0 Å². The first-order valence-electron chi connectivity index (χ1n) is 6.69. The number of nitrogens with zero attached hydrogens (tertiary/aromatic N) is 2. The number of rotatable bonds is 5. The Bertz CT molecular complexity index is 567. The molecule has 0 bridgehead atoms. The van der Waals surface area contributed by atoms with E-state index in [0.717, 1.165) is 19.5 Å². The summed E-state index contributed by atoms with van der Waals surface area (Å²) >= 11 is 0. The fourth-order valence-electron chi connectivity index (χ4n) is 2.66. The second-order valence-electron chi connectivity index (χ2n) is 5.49. The highest BCUT2D eigenvalue weighted by atomic mass is 32.2. The maximum atomic E-state index is 12.5. The van der Waals surface area contributed by atoms with Crippen molar-refractivity contribution < 1.29 is 17.9 Å². The van der Waals surface area contributed by atoms with Crippen LogP contribution in [0.2, 0.25) is 0 Å². The number of hydrogen-bond acceptors (Lipinski definition) is 5. The number of aryl methyl sites for hydroxylation is 1. The number of furan rings is 1. The van der Waals surface area contributed by atoms with Crippen molar-refractivity contribution in [1.29, 1.82) is 0 Å². The van der Waals surface area contributed by atoms with E-state index < -0.39 is 10.0 Å². The van der Waals surface area contributed by atoms with E-state index in [1.54, 1.807) is 14.0 Å². The summed E-state index contributed by atoms with van der Waals surface area (Å²) in [7, 11) is 0.0859. The van der Waals surface area contributed by atoms with Crippen LogP contribution in [0.25, 0.3) is 0 Å². The molecule has 20 heavy (non-hydrogen) atoms. The zero-order chi connectivity index (χ0) is 14.9. The van der Waals surface area contributed by atoms with Crippen LogP contribution in [-0.4, -0.2) is 56.5 Å². The molecule has 0 amide bonds. The van der Waals surface area contributed by atoms with Gasteiger partial charge in [0.1, 0.15) is 23.0 Å². The summed E-state index contributed by atoms with van der Waals surface area (Å²) < 4.78 is 31.7. The van der Waals surface area contributed by atoms with Gasteiger partial charge in [0, 0.05) is 26.2 Å². The van der Waals surface area contributed by atoms with Crippen LogP contribution in [0.4, 0.5) is 0 Å². The van der Waals surface area contributed by atoms with Crippen LogP contribution < -0.4 is 0 Å². The molecule has 6 nitrogen and oxygen atoms in total. The Labute approximate surface area is 120 Å². The molecular formula is C13H22N2O4S. The molecule has 2 heterocycles. The molecular weight excluding hydrogens is 280 g/mol. The third kappa shape index (κ3) is 3.06. The minimum absolute atomic E-state index is 0.149. The fraction of sp³-hybridized carbons (Fsp3) is 0.692. The minimum atomic E-state index is -3.55. The summed E-state index contributed by atoms with van der Waals surface area (Å²) in [4.78, 5) is 2.35. The van der Waals surface area contributed by atoms with Gasteiger partial charge in [-0.25, -0.2) is 12.7 Å². The van der Waals surface area contributed by atoms with Gasteiger partial charge in [0.15, 0.2) is 0 Å². The van der Waals surface area contributed by atoms with Crippen LogP contribution in [0.15, 0.2) is 15.4 Å². The fourth-order valence-corrected chi connectivity index (χ4v) is 4.09. The van der Waals surface area contributed by atoms with Crippen LogP contribution in [0.1, 0.15) is 17.9 Å². The Morgan fingerprint density at radius 1 is 1.55 bits per heavy atom. The quantitative estimate of drug-likeness (QED) is 0.864. The topological polar surface area (TPSA) is 74.0 Å². The summed E-state index contributed by atoms with van der Waals surface area (Å²) in [5, 5.41) is 9.03. The lowest BCUT2D eigenvalue weighted by Crippen LogP contribution is -2.33. The number of likely N-dealkylation sites (tertiary alicyclic amines) is 1. The Hall–Kier alpha value is -0.890. The smallest absolute Gasteiger partial charge is 0.246 e. The van der Waals surface area contributed by atoms with Crippen molar-refractivity contribution >= 4 is 10.0 Å². The molecule has 1 aliphatic heterocycles. The Morgan fingerprint density at radius 2 is 2.25 bits per heavy atom. The molecule has 1 atom stereocenters. The van der Waals surface area contributed by atoms with Crippen molar-refractivity contribution in [2.45, 2.75) is 24.8 Å². The number of sulfonamides is 1. The summed E-state index contributed by atoms with van der Waals surface area (Å²) in [5.41, 5.74) is 0. The monoisotopic (exact) mass is 302 g/mol. The minimum Gasteiger partial charge on any atom is -0.462 e. The zero-order valence-corrected chi connectivity index (χ0v) is 13.0. The van der Waals surface area contributed by atoms with E-state index in [-0.39, 0.29) is 17.3 Å². The van der Waals surface area contributed by atoms with Gasteiger partial charge in [-0.2, -0.15) is 0 Å². The van der Waals surface area contributed by atoms with Gasteiger partial charge in [0.2, 0.25) is 10.0 Å². The largest absolute Gasteiger partial charge is 0.462 e. The van der Waals surface area contributed by atoms with Gasteiger partial charge in [-0.3, -0.25) is 0 Å². The normalized spacial score (nSPS) is 20.9. The Balaban J connectivity index is 2.14. The highest BCUT2D eigenvalue weighted by Crippen LogP contribution is 2.25. The van der Waals surface area contributed by atoms with Gasteiger partial charge in [0.25, 0.3) is 0 Å². The Kier molecular flexibility index (Phi) is 4.53. The average molecular weight is 302 g/mol. The molecule has 0 aromatic carbocycles. The second-order valence-corrected chi connectivity index (χ2v) is 7.51. The van der Waals surface area contributed by atoms with E-state index in [1.165, 1.54) is 10.4 Å². The average Bonchev–Trinajstić information content (AvgIpc) is 2.95. The number of hydrogen-bond donors (Lipinski definition) is 1. The van der Waals surface area contributed by atoms with Crippen molar-refractivity contribution in [2.24, 2.45) is 5.92 Å². The van der Waals surface area contributed by atoms with Gasteiger partial charge in [-0.15, -0.1) is 0 Å². The predicted octanol–water partition coefficient (Wildman–Crippen LogP) is 0.653. The molecule has 0 saturated carbocycles. The van der Waals surface area contributed by atoms with E-state index >= 15 is 0 Å². The zero-order valence-electron chi connectivity index (χ0n) is 12.2. The van der Waals surface area contributed by atoms with Gasteiger partial charge in [0.05, 0.1) is 0 Å². The molecule has 2 rings (SSSR count). The standard InChI is InChI=1S/C13H22N2O4S/c1-10-13(6-12(9-16)19-10)20(17,18)15(3)8-11-4-5-14(2)7-11/h6,11,16H,4-5,7-9H2,1-3H3. The van der Waals surface area contributed by atoms with E-state index in [1.807, 2.05) is 7.05 Å². The molecule has 1 fully saturated rings. The number of aliphatic hydroxyl groups excluding tert-OH is 1. The third-order valence-electron chi connectivity index (χ3n) is 3.77. The molecule has 1 aliphatic rings. The molecule has 0 radical (unpaired) electrons. The molecule has 114 valence electrons. The molecule has 1 aromatic heterocycles. The molecule has 1 saturated heterocycles. The predicted molar refractivity (Wildman–Crippen MR) is 74.8 cm³/mol. The molecule has 1 unspecified atom stereocenters. The lowest BCUT2D eigenvalue weighted by Gasteiger charge is -2.20. The van der Waals surface area contributed by atoms with Crippen molar-refractivity contribution in [2.75, 3.05) is 33.7 Å².